The number of likely N-dealkylation sites (tertiary alicyclic amines) is 2. The number of guanidine groups is 1. The first kappa shape index (κ1) is 19.5. The fraction of sp³-hybridized carbons (Fsp3) is 0.632. The second-order valence-corrected chi connectivity index (χ2v) is 6.56. The van der Waals surface area contributed by atoms with E-state index in [9.17, 15) is 0 Å². The molecule has 1 unspecified atom stereocenters. The van der Waals surface area contributed by atoms with E-state index < -0.39 is 0 Å². The van der Waals surface area contributed by atoms with Crippen LogP contribution in [0.2, 0.25) is 0 Å². The summed E-state index contributed by atoms with van der Waals surface area (Å²) in [6, 6.07) is 11.3. The second kappa shape index (κ2) is 10.2. The maximum Gasteiger partial charge on any atom is 0.193 e. The molecule has 1 aromatic carbocycles. The fourth-order valence-electron chi connectivity index (χ4n) is 3.69. The molecule has 0 aromatic heterocycles. The Morgan fingerprint density at radius 1 is 1.04 bits per heavy atom. The number of nitrogens with zero attached hydrogens (tertiary/aromatic N) is 3. The van der Waals surface area contributed by atoms with E-state index in [-0.39, 0.29) is 24.0 Å². The highest BCUT2D eigenvalue weighted by Crippen LogP contribution is 2.25. The van der Waals surface area contributed by atoms with Crippen LogP contribution in [0.15, 0.2) is 35.3 Å². The second-order valence-electron chi connectivity index (χ2n) is 6.56. The molecule has 24 heavy (non-hydrogen) atoms. The zero-order chi connectivity index (χ0) is 15.9. The lowest BCUT2D eigenvalue weighted by molar-refractivity contribution is 0.251. The molecule has 0 spiro atoms. The van der Waals surface area contributed by atoms with Gasteiger partial charge in [-0.15, -0.1) is 24.0 Å². The van der Waals surface area contributed by atoms with Crippen molar-refractivity contribution in [2.75, 3.05) is 39.3 Å². The van der Waals surface area contributed by atoms with Gasteiger partial charge in [0.2, 0.25) is 0 Å². The van der Waals surface area contributed by atoms with Crippen LogP contribution in [-0.2, 0) is 0 Å². The molecule has 0 radical (unpaired) electrons. The Hall–Kier alpha value is -0.820. The van der Waals surface area contributed by atoms with E-state index in [1.165, 1.54) is 44.3 Å². The van der Waals surface area contributed by atoms with E-state index in [1.54, 1.807) is 0 Å². The quantitative estimate of drug-likeness (QED) is 0.430. The van der Waals surface area contributed by atoms with Crippen LogP contribution >= 0.6 is 24.0 Å². The van der Waals surface area contributed by atoms with Gasteiger partial charge in [-0.3, -0.25) is 9.89 Å². The van der Waals surface area contributed by atoms with Gasteiger partial charge in [0.1, 0.15) is 0 Å². The standard InChI is InChI=1S/C19H30N4.HI/c1-2-20-19(23-14-8-9-15-23)21-16-18(22-12-6-7-13-22)17-10-4-3-5-11-17;/h3-5,10-11,18H,2,6-9,12-16H2,1H3,(H,20,21);1H. The molecule has 2 aliphatic rings. The van der Waals surface area contributed by atoms with Crippen molar-refractivity contribution in [1.29, 1.82) is 0 Å². The molecular formula is C19H31IN4. The van der Waals surface area contributed by atoms with Crippen LogP contribution in [-0.4, -0.2) is 55.0 Å². The van der Waals surface area contributed by atoms with Crippen molar-refractivity contribution in [2.45, 2.75) is 38.6 Å². The van der Waals surface area contributed by atoms with Crippen molar-refractivity contribution in [3.05, 3.63) is 35.9 Å². The van der Waals surface area contributed by atoms with Gasteiger partial charge in [0.25, 0.3) is 0 Å². The fourth-order valence-corrected chi connectivity index (χ4v) is 3.69. The zero-order valence-electron chi connectivity index (χ0n) is 14.8. The van der Waals surface area contributed by atoms with Crippen molar-refractivity contribution in [3.8, 4) is 0 Å². The molecule has 2 aliphatic heterocycles. The van der Waals surface area contributed by atoms with Gasteiger partial charge < -0.3 is 10.2 Å². The van der Waals surface area contributed by atoms with Crippen LogP contribution in [0.5, 0.6) is 0 Å². The van der Waals surface area contributed by atoms with Gasteiger partial charge in [-0.1, -0.05) is 30.3 Å². The molecule has 0 amide bonds. The van der Waals surface area contributed by atoms with Crippen molar-refractivity contribution < 1.29 is 0 Å². The van der Waals surface area contributed by atoms with Crippen molar-refractivity contribution >= 4 is 29.9 Å². The lowest BCUT2D eigenvalue weighted by Crippen LogP contribution is -2.40. The molecule has 2 saturated heterocycles. The van der Waals surface area contributed by atoms with Gasteiger partial charge in [-0.05, 0) is 51.3 Å². The summed E-state index contributed by atoms with van der Waals surface area (Å²) in [5.74, 6) is 1.10. The van der Waals surface area contributed by atoms with Gasteiger partial charge in [0, 0.05) is 19.6 Å². The first-order chi connectivity index (χ1) is 11.4. The van der Waals surface area contributed by atoms with E-state index in [1.807, 2.05) is 0 Å². The molecule has 3 rings (SSSR count). The summed E-state index contributed by atoms with van der Waals surface area (Å²) < 4.78 is 0. The highest BCUT2D eigenvalue weighted by Gasteiger charge is 2.24. The smallest absolute Gasteiger partial charge is 0.193 e. The summed E-state index contributed by atoms with van der Waals surface area (Å²) in [5.41, 5.74) is 1.40. The normalized spacial score (nSPS) is 20.0. The van der Waals surface area contributed by atoms with Crippen molar-refractivity contribution in [2.24, 2.45) is 4.99 Å². The predicted octanol–water partition coefficient (Wildman–Crippen LogP) is 3.50. The Kier molecular flexibility index (Phi) is 8.32. The Labute approximate surface area is 163 Å². The molecule has 0 aliphatic carbocycles. The van der Waals surface area contributed by atoms with Crippen LogP contribution in [0.1, 0.15) is 44.2 Å². The van der Waals surface area contributed by atoms with E-state index in [2.05, 4.69) is 52.4 Å². The maximum atomic E-state index is 5.01. The number of halogens is 1. The molecule has 1 atom stereocenters. The largest absolute Gasteiger partial charge is 0.357 e. The minimum absolute atomic E-state index is 0. The van der Waals surface area contributed by atoms with Gasteiger partial charge in [-0.25, -0.2) is 0 Å². The Morgan fingerprint density at radius 3 is 2.29 bits per heavy atom. The molecule has 1 N–H and O–H groups in total. The van der Waals surface area contributed by atoms with E-state index in [0.29, 0.717) is 6.04 Å². The summed E-state index contributed by atoms with van der Waals surface area (Å²) in [6.07, 6.45) is 5.22. The number of nitrogens with one attached hydrogen (secondary N) is 1. The first-order valence-corrected chi connectivity index (χ1v) is 9.20. The third kappa shape index (κ3) is 5.09. The highest BCUT2D eigenvalue weighted by molar-refractivity contribution is 14.0. The van der Waals surface area contributed by atoms with Gasteiger partial charge in [0.05, 0.1) is 12.6 Å². The summed E-state index contributed by atoms with van der Waals surface area (Å²) in [5, 5.41) is 3.48. The summed E-state index contributed by atoms with van der Waals surface area (Å²) in [4.78, 5) is 10.0. The number of benzene rings is 1. The Morgan fingerprint density at radius 2 is 1.67 bits per heavy atom. The van der Waals surface area contributed by atoms with Crippen LogP contribution < -0.4 is 5.32 Å². The Balaban J connectivity index is 0.00000208. The first-order valence-electron chi connectivity index (χ1n) is 9.20. The van der Waals surface area contributed by atoms with Crippen molar-refractivity contribution in [1.82, 2.24) is 15.1 Å². The van der Waals surface area contributed by atoms with Gasteiger partial charge in [0.15, 0.2) is 5.96 Å². The summed E-state index contributed by atoms with van der Waals surface area (Å²) >= 11 is 0. The van der Waals surface area contributed by atoms with Crippen LogP contribution in [0.3, 0.4) is 0 Å². The number of hydrogen-bond donors (Lipinski definition) is 1. The average molecular weight is 442 g/mol. The summed E-state index contributed by atoms with van der Waals surface area (Å²) in [7, 11) is 0. The SMILES string of the molecule is CCNC(=NCC(c1ccccc1)N1CCCC1)N1CCCC1.I. The maximum absolute atomic E-state index is 5.01. The molecule has 0 bridgehead atoms. The third-order valence-corrected chi connectivity index (χ3v) is 4.92. The lowest BCUT2D eigenvalue weighted by atomic mass is 10.1. The third-order valence-electron chi connectivity index (χ3n) is 4.92. The number of rotatable bonds is 5. The van der Waals surface area contributed by atoms with Crippen LogP contribution in [0, 0.1) is 0 Å². The van der Waals surface area contributed by atoms with E-state index in [4.69, 9.17) is 4.99 Å². The lowest BCUT2D eigenvalue weighted by Gasteiger charge is -2.28. The van der Waals surface area contributed by atoms with Gasteiger partial charge in [-0.2, -0.15) is 0 Å². The number of aliphatic imine (C=N–C) groups is 1. The number of hydrogen-bond acceptors (Lipinski definition) is 2. The Bertz CT molecular complexity index is 493. The van der Waals surface area contributed by atoms with Crippen LogP contribution in [0.4, 0.5) is 0 Å². The van der Waals surface area contributed by atoms with E-state index >= 15 is 0 Å². The molecule has 134 valence electrons. The molecule has 2 heterocycles. The predicted molar refractivity (Wildman–Crippen MR) is 112 cm³/mol. The van der Waals surface area contributed by atoms with Crippen LogP contribution in [0.25, 0.3) is 0 Å². The zero-order valence-corrected chi connectivity index (χ0v) is 17.1. The molecule has 2 fully saturated rings. The average Bonchev–Trinajstić information content (AvgIpc) is 3.29. The topological polar surface area (TPSA) is 30.9 Å². The van der Waals surface area contributed by atoms with Gasteiger partial charge >= 0.3 is 0 Å². The monoisotopic (exact) mass is 442 g/mol. The minimum atomic E-state index is 0. The molecular weight excluding hydrogens is 411 g/mol. The minimum Gasteiger partial charge on any atom is -0.357 e. The molecule has 1 aromatic rings. The summed E-state index contributed by atoms with van der Waals surface area (Å²) in [6.45, 7) is 8.64. The highest BCUT2D eigenvalue weighted by atomic mass is 127. The molecule has 5 heteroatoms. The molecule has 4 nitrogen and oxygen atoms in total. The molecule has 0 saturated carbocycles. The van der Waals surface area contributed by atoms with Crippen molar-refractivity contribution in [3.63, 3.8) is 0 Å². The van der Waals surface area contributed by atoms with E-state index in [0.717, 1.165) is 32.1 Å².